The predicted octanol–water partition coefficient (Wildman–Crippen LogP) is 2.75. The van der Waals surface area contributed by atoms with Gasteiger partial charge < -0.3 is 24.8 Å². The fourth-order valence-corrected chi connectivity index (χ4v) is 3.01. The van der Waals surface area contributed by atoms with Crippen molar-refractivity contribution in [2.75, 3.05) is 26.6 Å². The van der Waals surface area contributed by atoms with Crippen LogP contribution >= 0.6 is 0 Å². The van der Waals surface area contributed by atoms with Gasteiger partial charge in [0.15, 0.2) is 11.5 Å². The lowest BCUT2D eigenvalue weighted by molar-refractivity contribution is -0.134. The van der Waals surface area contributed by atoms with Crippen LogP contribution in [0, 0.1) is 5.41 Å². The molecule has 0 saturated heterocycles. The van der Waals surface area contributed by atoms with Gasteiger partial charge in [-0.2, -0.15) is 0 Å². The van der Waals surface area contributed by atoms with Crippen molar-refractivity contribution in [3.8, 4) is 17.2 Å². The number of methoxy groups -OCH3 is 3. The number of hydrogen-bond acceptors (Lipinski definition) is 5. The van der Waals surface area contributed by atoms with Gasteiger partial charge in [0.05, 0.1) is 27.0 Å². The molecule has 3 rings (SSSR count). The summed E-state index contributed by atoms with van der Waals surface area (Å²) in [4.78, 5) is 25.4. The molecule has 0 spiro atoms. The normalized spacial score (nSPS) is 14.0. The molecule has 7 nitrogen and oxygen atoms in total. The zero-order chi connectivity index (χ0) is 20.1. The fraction of sp³-hybridized carbons (Fsp3) is 0.333. The second-order valence-corrected chi connectivity index (χ2v) is 6.61. The van der Waals surface area contributed by atoms with Gasteiger partial charge >= 0.3 is 0 Å². The van der Waals surface area contributed by atoms with E-state index >= 15 is 0 Å². The van der Waals surface area contributed by atoms with Gasteiger partial charge in [-0.3, -0.25) is 9.59 Å². The van der Waals surface area contributed by atoms with Crippen molar-refractivity contribution in [2.45, 2.75) is 19.4 Å². The third-order valence-electron chi connectivity index (χ3n) is 4.88. The van der Waals surface area contributed by atoms with Gasteiger partial charge in [0.25, 0.3) is 0 Å². The molecule has 2 N–H and O–H groups in total. The monoisotopic (exact) mass is 384 g/mol. The van der Waals surface area contributed by atoms with Gasteiger partial charge in [0.1, 0.15) is 11.2 Å². The van der Waals surface area contributed by atoms with Gasteiger partial charge in [0.2, 0.25) is 11.8 Å². The Labute approximate surface area is 164 Å². The first kappa shape index (κ1) is 19.5. The molecule has 28 heavy (non-hydrogen) atoms. The van der Waals surface area contributed by atoms with Crippen LogP contribution in [0.15, 0.2) is 42.5 Å². The summed E-state index contributed by atoms with van der Waals surface area (Å²) in [6.45, 7) is 0.295. The van der Waals surface area contributed by atoms with Crippen LogP contribution in [-0.4, -0.2) is 33.1 Å². The Bertz CT molecular complexity index is 877. The average Bonchev–Trinajstić information content (AvgIpc) is 3.54. The van der Waals surface area contributed by atoms with Crippen LogP contribution < -0.4 is 24.8 Å². The standard InChI is InChI=1S/C21H24N2O5/c1-26-16-7-5-4-6-15(16)23-20(25)21(10-11-21)19(24)22-13-14-8-9-17(27-2)18(12-14)28-3/h4-9,12H,10-11,13H2,1-3H3,(H,22,24)(H,23,25). The SMILES string of the molecule is COc1ccccc1NC(=O)C1(C(=O)NCc2ccc(OC)c(OC)c2)CC1. The summed E-state index contributed by atoms with van der Waals surface area (Å²) in [5, 5.41) is 5.67. The van der Waals surface area contributed by atoms with E-state index in [-0.39, 0.29) is 11.8 Å². The highest BCUT2D eigenvalue weighted by Crippen LogP contribution is 2.47. The number of amides is 2. The Morgan fingerprint density at radius 1 is 0.893 bits per heavy atom. The lowest BCUT2D eigenvalue weighted by Crippen LogP contribution is -2.39. The van der Waals surface area contributed by atoms with Crippen LogP contribution in [-0.2, 0) is 16.1 Å². The molecule has 2 aromatic rings. The number of anilines is 1. The van der Waals surface area contributed by atoms with E-state index in [1.165, 1.54) is 7.11 Å². The molecule has 0 aromatic heterocycles. The summed E-state index contributed by atoms with van der Waals surface area (Å²) in [7, 11) is 4.66. The molecule has 0 heterocycles. The summed E-state index contributed by atoms with van der Waals surface area (Å²) in [6, 6.07) is 12.5. The summed E-state index contributed by atoms with van der Waals surface area (Å²) in [6.07, 6.45) is 1.04. The minimum Gasteiger partial charge on any atom is -0.495 e. The Morgan fingerprint density at radius 2 is 1.57 bits per heavy atom. The van der Waals surface area contributed by atoms with Gasteiger partial charge in [-0.15, -0.1) is 0 Å². The summed E-state index contributed by atoms with van der Waals surface area (Å²) < 4.78 is 15.7. The van der Waals surface area contributed by atoms with E-state index in [2.05, 4.69) is 10.6 Å². The molecule has 0 atom stereocenters. The van der Waals surface area contributed by atoms with Gasteiger partial charge in [-0.1, -0.05) is 18.2 Å². The first-order valence-corrected chi connectivity index (χ1v) is 8.97. The van der Waals surface area contributed by atoms with Crippen LogP contribution in [0.25, 0.3) is 0 Å². The van der Waals surface area contributed by atoms with E-state index in [9.17, 15) is 9.59 Å². The third kappa shape index (κ3) is 3.88. The van der Waals surface area contributed by atoms with Gasteiger partial charge in [0, 0.05) is 6.54 Å². The quantitative estimate of drug-likeness (QED) is 0.684. The van der Waals surface area contributed by atoms with Crippen molar-refractivity contribution in [1.29, 1.82) is 0 Å². The van der Waals surface area contributed by atoms with Crippen LogP contribution in [0.4, 0.5) is 5.69 Å². The zero-order valence-electron chi connectivity index (χ0n) is 16.2. The molecule has 7 heteroatoms. The van der Waals surface area contributed by atoms with Crippen LogP contribution in [0.3, 0.4) is 0 Å². The topological polar surface area (TPSA) is 85.9 Å². The van der Waals surface area contributed by atoms with Crippen molar-refractivity contribution in [3.05, 3.63) is 48.0 Å². The summed E-state index contributed by atoms with van der Waals surface area (Å²) in [5.41, 5.74) is 0.373. The molecule has 0 unspecified atom stereocenters. The predicted molar refractivity (Wildman–Crippen MR) is 105 cm³/mol. The molecule has 148 valence electrons. The fourth-order valence-electron chi connectivity index (χ4n) is 3.01. The van der Waals surface area contributed by atoms with E-state index in [4.69, 9.17) is 14.2 Å². The van der Waals surface area contributed by atoms with Crippen LogP contribution in [0.2, 0.25) is 0 Å². The first-order valence-electron chi connectivity index (χ1n) is 8.97. The summed E-state index contributed by atoms with van der Waals surface area (Å²) >= 11 is 0. The minimum absolute atomic E-state index is 0.283. The van der Waals surface area contributed by atoms with E-state index < -0.39 is 5.41 Å². The number of rotatable bonds is 8. The highest BCUT2D eigenvalue weighted by Gasteiger charge is 2.56. The minimum atomic E-state index is -1.03. The van der Waals surface area contributed by atoms with Gasteiger partial charge in [-0.05, 0) is 42.7 Å². The van der Waals surface area contributed by atoms with E-state index in [0.717, 1.165) is 5.56 Å². The lowest BCUT2D eigenvalue weighted by atomic mass is 10.0. The third-order valence-corrected chi connectivity index (χ3v) is 4.88. The average molecular weight is 384 g/mol. The lowest BCUT2D eigenvalue weighted by Gasteiger charge is -2.17. The molecule has 0 aliphatic heterocycles. The molecule has 1 aliphatic rings. The molecule has 2 aromatic carbocycles. The highest BCUT2D eigenvalue weighted by atomic mass is 16.5. The number of carbonyl (C=O) groups excluding carboxylic acids is 2. The Hall–Kier alpha value is -3.22. The van der Waals surface area contributed by atoms with E-state index in [0.29, 0.717) is 42.3 Å². The molecule has 1 saturated carbocycles. The van der Waals surface area contributed by atoms with Crippen molar-refractivity contribution in [2.24, 2.45) is 5.41 Å². The van der Waals surface area contributed by atoms with Crippen LogP contribution in [0.5, 0.6) is 17.2 Å². The highest BCUT2D eigenvalue weighted by molar-refractivity contribution is 6.13. The van der Waals surface area contributed by atoms with Crippen molar-refractivity contribution >= 4 is 17.5 Å². The van der Waals surface area contributed by atoms with E-state index in [1.54, 1.807) is 44.6 Å². The van der Waals surface area contributed by atoms with Crippen molar-refractivity contribution in [3.63, 3.8) is 0 Å². The molecule has 2 amide bonds. The molecule has 0 bridgehead atoms. The smallest absolute Gasteiger partial charge is 0.240 e. The first-order chi connectivity index (χ1) is 13.5. The number of ether oxygens (including phenoxy) is 3. The van der Waals surface area contributed by atoms with Crippen molar-refractivity contribution < 1.29 is 23.8 Å². The second kappa shape index (κ2) is 8.21. The largest absolute Gasteiger partial charge is 0.495 e. The van der Waals surface area contributed by atoms with Gasteiger partial charge in [-0.25, -0.2) is 0 Å². The molecular formula is C21H24N2O5. The summed E-state index contributed by atoms with van der Waals surface area (Å²) in [5.74, 6) is 1.16. The Balaban J connectivity index is 1.64. The Morgan fingerprint density at radius 3 is 2.21 bits per heavy atom. The van der Waals surface area contributed by atoms with Crippen LogP contribution in [0.1, 0.15) is 18.4 Å². The van der Waals surface area contributed by atoms with Crippen molar-refractivity contribution in [1.82, 2.24) is 5.32 Å². The number of hydrogen-bond donors (Lipinski definition) is 2. The maximum atomic E-state index is 12.7. The number of carbonyl (C=O) groups is 2. The Kier molecular flexibility index (Phi) is 5.73. The molecular weight excluding hydrogens is 360 g/mol. The maximum Gasteiger partial charge on any atom is 0.240 e. The number of nitrogens with one attached hydrogen (secondary N) is 2. The maximum absolute atomic E-state index is 12.7. The molecule has 0 radical (unpaired) electrons. The molecule has 1 aliphatic carbocycles. The zero-order valence-corrected chi connectivity index (χ0v) is 16.2. The number of benzene rings is 2. The molecule has 1 fully saturated rings. The van der Waals surface area contributed by atoms with E-state index in [1.807, 2.05) is 12.1 Å². The number of para-hydroxylation sites is 2. The second-order valence-electron chi connectivity index (χ2n) is 6.61.